The largest absolute Gasteiger partial charge is 0.480 e. The van der Waals surface area contributed by atoms with Crippen molar-refractivity contribution in [1.82, 2.24) is 20.0 Å². The van der Waals surface area contributed by atoms with Crippen LogP contribution in [0.4, 0.5) is 4.79 Å². The summed E-state index contributed by atoms with van der Waals surface area (Å²) >= 11 is 0. The highest BCUT2D eigenvalue weighted by molar-refractivity contribution is 5.80. The van der Waals surface area contributed by atoms with Crippen molar-refractivity contribution in [2.24, 2.45) is 7.05 Å². The standard InChI is InChI=1S/C11H14N4O3/c1-3-5-15(8-10(16)17)11(18)12-7-9-4-6-14(2)13-9/h1,4,6H,5,7-8H2,2H3,(H,12,18)(H,16,17). The Morgan fingerprint density at radius 2 is 2.39 bits per heavy atom. The van der Waals surface area contributed by atoms with Gasteiger partial charge in [0.2, 0.25) is 0 Å². The van der Waals surface area contributed by atoms with Crippen LogP contribution in [0.1, 0.15) is 5.69 Å². The molecule has 0 atom stereocenters. The van der Waals surface area contributed by atoms with Crippen molar-refractivity contribution >= 4 is 12.0 Å². The summed E-state index contributed by atoms with van der Waals surface area (Å²) in [6.07, 6.45) is 6.82. The number of hydrogen-bond acceptors (Lipinski definition) is 3. The summed E-state index contributed by atoms with van der Waals surface area (Å²) in [7, 11) is 1.76. The van der Waals surface area contributed by atoms with Crippen molar-refractivity contribution in [3.05, 3.63) is 18.0 Å². The van der Waals surface area contributed by atoms with Crippen LogP contribution in [0.25, 0.3) is 0 Å². The van der Waals surface area contributed by atoms with E-state index in [1.54, 1.807) is 24.0 Å². The third kappa shape index (κ3) is 4.17. The number of terminal acetylenes is 1. The van der Waals surface area contributed by atoms with E-state index >= 15 is 0 Å². The van der Waals surface area contributed by atoms with Gasteiger partial charge in [-0.05, 0) is 6.07 Å². The van der Waals surface area contributed by atoms with Gasteiger partial charge in [-0.2, -0.15) is 5.10 Å². The number of hydrogen-bond donors (Lipinski definition) is 2. The maximum absolute atomic E-state index is 11.7. The molecule has 18 heavy (non-hydrogen) atoms. The molecule has 7 nitrogen and oxygen atoms in total. The molecular formula is C11H14N4O3. The smallest absolute Gasteiger partial charge is 0.323 e. The molecule has 0 aliphatic carbocycles. The van der Waals surface area contributed by atoms with Gasteiger partial charge in [0.1, 0.15) is 6.54 Å². The van der Waals surface area contributed by atoms with Crippen LogP contribution in [0, 0.1) is 12.3 Å². The quantitative estimate of drug-likeness (QED) is 0.699. The molecule has 0 aliphatic heterocycles. The van der Waals surface area contributed by atoms with Crippen molar-refractivity contribution < 1.29 is 14.7 Å². The average Bonchev–Trinajstić information content (AvgIpc) is 2.71. The zero-order valence-electron chi connectivity index (χ0n) is 9.96. The van der Waals surface area contributed by atoms with Crippen LogP contribution in [0.5, 0.6) is 0 Å². The highest BCUT2D eigenvalue weighted by atomic mass is 16.4. The van der Waals surface area contributed by atoms with Crippen molar-refractivity contribution in [2.75, 3.05) is 13.1 Å². The van der Waals surface area contributed by atoms with Gasteiger partial charge in [0.15, 0.2) is 0 Å². The highest BCUT2D eigenvalue weighted by Gasteiger charge is 2.15. The number of urea groups is 1. The molecule has 1 heterocycles. The van der Waals surface area contributed by atoms with Crippen LogP contribution in [-0.4, -0.2) is 44.9 Å². The van der Waals surface area contributed by atoms with Gasteiger partial charge in [-0.15, -0.1) is 6.42 Å². The number of nitrogens with zero attached hydrogens (tertiary/aromatic N) is 3. The Labute approximate surface area is 104 Å². The third-order valence-corrected chi connectivity index (χ3v) is 2.09. The van der Waals surface area contributed by atoms with Gasteiger partial charge < -0.3 is 15.3 Å². The number of carbonyl (C=O) groups is 2. The van der Waals surface area contributed by atoms with E-state index in [0.29, 0.717) is 5.69 Å². The van der Waals surface area contributed by atoms with Gasteiger partial charge in [-0.25, -0.2) is 4.79 Å². The number of aliphatic carboxylic acids is 1. The fourth-order valence-corrected chi connectivity index (χ4v) is 1.31. The van der Waals surface area contributed by atoms with Crippen LogP contribution in [0.15, 0.2) is 12.3 Å². The summed E-state index contributed by atoms with van der Waals surface area (Å²) in [5.74, 6) is 1.13. The van der Waals surface area contributed by atoms with Gasteiger partial charge in [-0.3, -0.25) is 9.48 Å². The van der Waals surface area contributed by atoms with Crippen LogP contribution in [0.3, 0.4) is 0 Å². The maximum atomic E-state index is 11.7. The minimum Gasteiger partial charge on any atom is -0.480 e. The van der Waals surface area contributed by atoms with Gasteiger partial charge in [0, 0.05) is 13.2 Å². The molecule has 0 fully saturated rings. The topological polar surface area (TPSA) is 87.5 Å². The van der Waals surface area contributed by atoms with Crippen molar-refractivity contribution in [3.8, 4) is 12.3 Å². The summed E-state index contributed by atoms with van der Waals surface area (Å²) in [5, 5.41) is 15.3. The summed E-state index contributed by atoms with van der Waals surface area (Å²) in [5.41, 5.74) is 0.682. The fourth-order valence-electron chi connectivity index (χ4n) is 1.31. The van der Waals surface area contributed by atoms with E-state index in [9.17, 15) is 9.59 Å². The summed E-state index contributed by atoms with van der Waals surface area (Å²) in [6.45, 7) is -0.265. The Balaban J connectivity index is 2.51. The second-order valence-corrected chi connectivity index (χ2v) is 3.59. The molecule has 1 aromatic rings. The number of aryl methyl sites for hydroxylation is 1. The van der Waals surface area contributed by atoms with Crippen LogP contribution in [0.2, 0.25) is 0 Å². The van der Waals surface area contributed by atoms with E-state index in [4.69, 9.17) is 11.5 Å². The SMILES string of the molecule is C#CCN(CC(=O)O)C(=O)NCc1ccn(C)n1. The lowest BCUT2D eigenvalue weighted by Gasteiger charge is -2.18. The molecular weight excluding hydrogens is 236 g/mol. The predicted octanol–water partition coefficient (Wildman–Crippen LogP) is -0.350. The molecule has 0 spiro atoms. The molecule has 0 bridgehead atoms. The zero-order chi connectivity index (χ0) is 13.5. The molecule has 0 saturated heterocycles. The van der Waals surface area contributed by atoms with Gasteiger partial charge in [0.25, 0.3) is 0 Å². The monoisotopic (exact) mass is 250 g/mol. The van der Waals surface area contributed by atoms with Crippen LogP contribution >= 0.6 is 0 Å². The summed E-state index contributed by atoms with van der Waals surface area (Å²) in [4.78, 5) is 23.3. The molecule has 1 aromatic heterocycles. The number of rotatable bonds is 5. The second kappa shape index (κ2) is 6.30. The molecule has 0 saturated carbocycles. The Kier molecular flexibility index (Phi) is 4.75. The van der Waals surface area contributed by atoms with Crippen LogP contribution < -0.4 is 5.32 Å². The molecule has 96 valence electrons. The lowest BCUT2D eigenvalue weighted by molar-refractivity contribution is -0.137. The van der Waals surface area contributed by atoms with E-state index in [2.05, 4.69) is 16.3 Å². The van der Waals surface area contributed by atoms with E-state index in [1.165, 1.54) is 0 Å². The van der Waals surface area contributed by atoms with Gasteiger partial charge in [0.05, 0.1) is 18.8 Å². The number of carboxylic acid groups (broad SMARTS) is 1. The van der Waals surface area contributed by atoms with E-state index < -0.39 is 18.5 Å². The fraction of sp³-hybridized carbons (Fsp3) is 0.364. The predicted molar refractivity (Wildman–Crippen MR) is 63.5 cm³/mol. The molecule has 2 amide bonds. The summed E-state index contributed by atoms with van der Waals surface area (Å²) < 4.78 is 1.61. The molecule has 0 aliphatic rings. The summed E-state index contributed by atoms with van der Waals surface area (Å²) in [6, 6.07) is 1.23. The number of nitrogens with one attached hydrogen (secondary N) is 1. The van der Waals surface area contributed by atoms with Crippen molar-refractivity contribution in [1.29, 1.82) is 0 Å². The van der Waals surface area contributed by atoms with Crippen molar-refractivity contribution in [2.45, 2.75) is 6.54 Å². The molecule has 1 rings (SSSR count). The molecule has 7 heteroatoms. The highest BCUT2D eigenvalue weighted by Crippen LogP contribution is 1.95. The number of carbonyl (C=O) groups excluding carboxylic acids is 1. The molecule has 0 radical (unpaired) electrons. The molecule has 2 N–H and O–H groups in total. The lowest BCUT2D eigenvalue weighted by atomic mass is 10.4. The average molecular weight is 250 g/mol. The third-order valence-electron chi connectivity index (χ3n) is 2.09. The number of carboxylic acids is 1. The van der Waals surface area contributed by atoms with E-state index in [0.717, 1.165) is 4.90 Å². The number of aromatic nitrogens is 2. The first-order valence-corrected chi connectivity index (χ1v) is 5.19. The van der Waals surface area contributed by atoms with E-state index in [1.807, 2.05) is 0 Å². The first-order valence-electron chi connectivity index (χ1n) is 5.19. The second-order valence-electron chi connectivity index (χ2n) is 3.59. The maximum Gasteiger partial charge on any atom is 0.323 e. The van der Waals surface area contributed by atoms with Crippen molar-refractivity contribution in [3.63, 3.8) is 0 Å². The Morgan fingerprint density at radius 3 is 2.89 bits per heavy atom. The first-order chi connectivity index (χ1) is 8.52. The Morgan fingerprint density at radius 1 is 1.67 bits per heavy atom. The zero-order valence-corrected chi connectivity index (χ0v) is 9.96. The first kappa shape index (κ1) is 13.6. The molecule has 0 aromatic carbocycles. The van der Waals surface area contributed by atoms with Crippen LogP contribution in [-0.2, 0) is 18.4 Å². The van der Waals surface area contributed by atoms with Gasteiger partial charge >= 0.3 is 12.0 Å². The Bertz CT molecular complexity index is 475. The van der Waals surface area contributed by atoms with E-state index in [-0.39, 0.29) is 13.1 Å². The normalized spacial score (nSPS) is 9.56. The minimum absolute atomic E-state index is 0.0552. The minimum atomic E-state index is -1.11. The lowest BCUT2D eigenvalue weighted by Crippen LogP contribution is -2.42. The Hall–Kier alpha value is -2.49. The molecule has 0 unspecified atom stereocenters. The number of amides is 2. The van der Waals surface area contributed by atoms with Gasteiger partial charge in [-0.1, -0.05) is 5.92 Å².